The van der Waals surface area contributed by atoms with Crippen LogP contribution >= 0.6 is 0 Å². The number of alkyl halides is 3. The van der Waals surface area contributed by atoms with Crippen LogP contribution in [-0.2, 0) is 15.1 Å². The largest absolute Gasteiger partial charge is 0.490 e. The minimum absolute atomic E-state index is 0.00234. The summed E-state index contributed by atoms with van der Waals surface area (Å²) >= 11 is 0. The molecule has 0 saturated carbocycles. The highest BCUT2D eigenvalue weighted by Crippen LogP contribution is 2.56. The van der Waals surface area contributed by atoms with Gasteiger partial charge in [0.15, 0.2) is 5.75 Å². The molecule has 3 aliphatic rings. The fourth-order valence-corrected chi connectivity index (χ4v) is 5.45. The van der Waals surface area contributed by atoms with Gasteiger partial charge in [-0.2, -0.15) is 22.0 Å². The standard InChI is InChI=1S/C29H20F2N4O2.C2HF3O2/c30-26-18(5-3-11-33-26)17-7-8-24-21(14-17)29(20-6-2-1-4-19(20)28(32)35-29)22-15-23(16-9-12-36-13-10-16)34-27(31)25(22)37-24;3-2(4,5)1(6)7/h1-9,11,14-15H,10,12-13H2,(H2,32,35);(H,6,7). The summed E-state index contributed by atoms with van der Waals surface area (Å²) in [6.45, 7) is 0.971. The first-order valence-corrected chi connectivity index (χ1v) is 13.2. The van der Waals surface area contributed by atoms with E-state index in [9.17, 15) is 17.6 Å². The summed E-state index contributed by atoms with van der Waals surface area (Å²) in [6, 6.07) is 18.0. The molecule has 1 spiro atoms. The maximum Gasteiger partial charge on any atom is 0.490 e. The predicted octanol–water partition coefficient (Wildman–Crippen LogP) is 5.98. The number of hydrogen-bond donors (Lipinski definition) is 2. The normalized spacial score (nSPS) is 18.1. The molecule has 0 saturated heterocycles. The minimum Gasteiger partial charge on any atom is -0.475 e. The fraction of sp³-hybridized carbons (Fsp3) is 0.161. The van der Waals surface area contributed by atoms with E-state index in [4.69, 9.17) is 30.1 Å². The molecule has 0 amide bonds. The van der Waals surface area contributed by atoms with Crippen molar-refractivity contribution in [3.05, 3.63) is 113 Å². The van der Waals surface area contributed by atoms with Crippen molar-refractivity contribution in [1.29, 1.82) is 0 Å². The van der Waals surface area contributed by atoms with Gasteiger partial charge in [-0.1, -0.05) is 36.4 Å². The lowest BCUT2D eigenvalue weighted by Gasteiger charge is -2.36. The van der Waals surface area contributed by atoms with Crippen molar-refractivity contribution in [2.75, 3.05) is 13.2 Å². The van der Waals surface area contributed by atoms with Crippen LogP contribution in [0.5, 0.6) is 11.5 Å². The molecule has 3 aliphatic heterocycles. The summed E-state index contributed by atoms with van der Waals surface area (Å²) in [6.07, 6.45) is -1.16. The second kappa shape index (κ2) is 10.8. The van der Waals surface area contributed by atoms with E-state index in [0.717, 1.165) is 16.7 Å². The number of halogens is 5. The van der Waals surface area contributed by atoms with E-state index < -0.39 is 29.6 Å². The van der Waals surface area contributed by atoms with Gasteiger partial charge in [-0.05, 0) is 53.5 Å². The van der Waals surface area contributed by atoms with Crippen LogP contribution in [0, 0.1) is 11.9 Å². The van der Waals surface area contributed by atoms with Crippen molar-refractivity contribution >= 4 is 17.4 Å². The summed E-state index contributed by atoms with van der Waals surface area (Å²) < 4.78 is 73.6. The van der Waals surface area contributed by atoms with Gasteiger partial charge in [-0.25, -0.2) is 19.8 Å². The molecule has 5 heterocycles. The third-order valence-corrected chi connectivity index (χ3v) is 7.39. The van der Waals surface area contributed by atoms with E-state index in [0.29, 0.717) is 59.2 Å². The van der Waals surface area contributed by atoms with E-state index in [-0.39, 0.29) is 5.75 Å². The zero-order chi connectivity index (χ0) is 31.2. The Balaban J connectivity index is 0.000000441. The van der Waals surface area contributed by atoms with Crippen LogP contribution in [0.4, 0.5) is 22.0 Å². The summed E-state index contributed by atoms with van der Waals surface area (Å²) in [5, 5.41) is 7.12. The summed E-state index contributed by atoms with van der Waals surface area (Å²) in [5.74, 6) is -3.35. The van der Waals surface area contributed by atoms with Gasteiger partial charge in [0, 0.05) is 28.5 Å². The van der Waals surface area contributed by atoms with Gasteiger partial charge in [0.05, 0.1) is 18.9 Å². The fourth-order valence-electron chi connectivity index (χ4n) is 5.45. The lowest BCUT2D eigenvalue weighted by Crippen LogP contribution is -2.30. The number of nitrogens with zero attached hydrogens (tertiary/aromatic N) is 3. The van der Waals surface area contributed by atoms with Gasteiger partial charge in [0.25, 0.3) is 5.95 Å². The van der Waals surface area contributed by atoms with Crippen LogP contribution in [0.3, 0.4) is 0 Å². The predicted molar refractivity (Wildman–Crippen MR) is 148 cm³/mol. The molecule has 1 unspecified atom stereocenters. The molecule has 1 atom stereocenters. The van der Waals surface area contributed by atoms with Crippen molar-refractivity contribution in [1.82, 2.24) is 9.97 Å². The van der Waals surface area contributed by atoms with Gasteiger partial charge in [0.2, 0.25) is 5.95 Å². The maximum atomic E-state index is 15.7. The Hall–Kier alpha value is -5.17. The number of carboxylic acids is 1. The molecule has 0 bridgehead atoms. The van der Waals surface area contributed by atoms with Gasteiger partial charge in [0.1, 0.15) is 17.1 Å². The molecule has 2 aromatic heterocycles. The first-order valence-electron chi connectivity index (χ1n) is 13.2. The average molecular weight is 609 g/mol. The van der Waals surface area contributed by atoms with E-state index in [1.165, 1.54) is 6.20 Å². The molecule has 4 aromatic rings. The molecule has 0 aliphatic carbocycles. The van der Waals surface area contributed by atoms with Crippen LogP contribution in [-0.4, -0.2) is 46.3 Å². The Morgan fingerprint density at radius 3 is 2.41 bits per heavy atom. The molecular formula is C31H21F5N4O4. The van der Waals surface area contributed by atoms with Crippen LogP contribution in [0.25, 0.3) is 16.7 Å². The highest BCUT2D eigenvalue weighted by Gasteiger charge is 2.50. The Kier molecular flexibility index (Phi) is 7.12. The van der Waals surface area contributed by atoms with Crippen molar-refractivity contribution < 1.29 is 41.3 Å². The molecule has 0 radical (unpaired) electrons. The first-order chi connectivity index (χ1) is 21.0. The summed E-state index contributed by atoms with van der Waals surface area (Å²) in [7, 11) is 0. The number of nitrogens with two attached hydrogens (primary N) is 1. The molecule has 2 aromatic carbocycles. The van der Waals surface area contributed by atoms with E-state index >= 15 is 4.39 Å². The zero-order valence-corrected chi connectivity index (χ0v) is 22.5. The molecule has 0 fully saturated rings. The van der Waals surface area contributed by atoms with Crippen molar-refractivity contribution in [3.63, 3.8) is 0 Å². The second-order valence-electron chi connectivity index (χ2n) is 9.94. The number of benzene rings is 2. The molecule has 224 valence electrons. The van der Waals surface area contributed by atoms with Gasteiger partial charge in [-0.15, -0.1) is 0 Å². The number of carbonyl (C=O) groups is 1. The Labute approximate surface area is 246 Å². The van der Waals surface area contributed by atoms with Crippen molar-refractivity contribution in [2.45, 2.75) is 18.1 Å². The zero-order valence-electron chi connectivity index (χ0n) is 22.5. The van der Waals surface area contributed by atoms with Crippen LogP contribution in [0.1, 0.15) is 34.4 Å². The number of aliphatic imine (C=N–C) groups is 1. The quantitative estimate of drug-likeness (QED) is 0.212. The lowest BCUT2D eigenvalue weighted by atomic mass is 9.74. The summed E-state index contributed by atoms with van der Waals surface area (Å²) in [5.41, 5.74) is 10.2. The molecular weight excluding hydrogens is 587 g/mol. The average Bonchev–Trinajstić information content (AvgIpc) is 3.31. The Morgan fingerprint density at radius 1 is 0.955 bits per heavy atom. The van der Waals surface area contributed by atoms with Gasteiger partial charge < -0.3 is 20.3 Å². The van der Waals surface area contributed by atoms with Crippen LogP contribution in [0.2, 0.25) is 0 Å². The molecule has 8 nitrogen and oxygen atoms in total. The highest BCUT2D eigenvalue weighted by atomic mass is 19.4. The maximum absolute atomic E-state index is 15.7. The molecule has 44 heavy (non-hydrogen) atoms. The number of aliphatic carboxylic acids is 1. The van der Waals surface area contributed by atoms with E-state index in [1.807, 2.05) is 42.5 Å². The number of pyridine rings is 2. The number of aromatic nitrogens is 2. The number of rotatable bonds is 2. The van der Waals surface area contributed by atoms with Crippen molar-refractivity contribution in [2.24, 2.45) is 10.7 Å². The topological polar surface area (TPSA) is 120 Å². The number of carboxylic acid groups (broad SMARTS) is 1. The molecule has 3 N–H and O–H groups in total. The Morgan fingerprint density at radius 2 is 1.70 bits per heavy atom. The van der Waals surface area contributed by atoms with E-state index in [2.05, 4.69) is 9.97 Å². The smallest absolute Gasteiger partial charge is 0.475 e. The van der Waals surface area contributed by atoms with Crippen molar-refractivity contribution in [3.8, 4) is 22.6 Å². The molecule has 7 rings (SSSR count). The van der Waals surface area contributed by atoms with Gasteiger partial charge >= 0.3 is 12.1 Å². The van der Waals surface area contributed by atoms with Gasteiger partial charge in [-0.3, -0.25) is 0 Å². The number of amidine groups is 1. The monoisotopic (exact) mass is 608 g/mol. The van der Waals surface area contributed by atoms with E-state index in [1.54, 1.807) is 24.3 Å². The third-order valence-electron chi connectivity index (χ3n) is 7.39. The SMILES string of the molecule is NC1=NC2(c3cc(-c4cccnc4F)ccc3Oc3c2cc(C2=CCOCC2)nc3F)c2ccccc21.O=C(O)C(F)(F)F. The summed E-state index contributed by atoms with van der Waals surface area (Å²) in [4.78, 5) is 21.9. The number of hydrogen-bond acceptors (Lipinski definition) is 7. The highest BCUT2D eigenvalue weighted by molar-refractivity contribution is 6.03. The molecule has 13 heteroatoms. The number of fused-ring (bicyclic) bond motifs is 6. The minimum atomic E-state index is -5.08. The second-order valence-corrected chi connectivity index (χ2v) is 9.94. The first kappa shape index (κ1) is 28.9. The van der Waals surface area contributed by atoms with Crippen LogP contribution < -0.4 is 10.5 Å². The lowest BCUT2D eigenvalue weighted by molar-refractivity contribution is -0.192. The number of ether oxygens (including phenoxy) is 2. The Bertz CT molecular complexity index is 1870. The third kappa shape index (κ3) is 4.84. The van der Waals surface area contributed by atoms with Crippen LogP contribution in [0.15, 0.2) is 77.9 Å².